The standard InChI is InChI=1S/C14H13BrN2O2S2/c1-9-3-2-4-12(13(9)15)17-21(18,19)11-7-5-10(6-8-11)14(16)20/h2-8,17H,1H3,(H2,16,20). The van der Waals surface area contributed by atoms with Crippen molar-refractivity contribution in [1.29, 1.82) is 0 Å². The molecular weight excluding hydrogens is 372 g/mol. The van der Waals surface area contributed by atoms with E-state index in [1.54, 1.807) is 24.3 Å². The minimum absolute atomic E-state index is 0.149. The van der Waals surface area contributed by atoms with E-state index in [0.717, 1.165) is 5.56 Å². The third-order valence-electron chi connectivity index (χ3n) is 2.89. The summed E-state index contributed by atoms with van der Waals surface area (Å²) in [6.07, 6.45) is 0. The van der Waals surface area contributed by atoms with Crippen molar-refractivity contribution in [3.8, 4) is 0 Å². The van der Waals surface area contributed by atoms with Gasteiger partial charge >= 0.3 is 0 Å². The van der Waals surface area contributed by atoms with Gasteiger partial charge in [-0.1, -0.05) is 36.5 Å². The van der Waals surface area contributed by atoms with Crippen molar-refractivity contribution in [2.24, 2.45) is 5.73 Å². The molecule has 0 aliphatic carbocycles. The quantitative estimate of drug-likeness (QED) is 0.793. The fourth-order valence-corrected chi connectivity index (χ4v) is 3.43. The number of nitrogens with one attached hydrogen (secondary N) is 1. The van der Waals surface area contributed by atoms with Crippen molar-refractivity contribution in [3.05, 3.63) is 58.1 Å². The summed E-state index contributed by atoms with van der Waals surface area (Å²) in [7, 11) is -3.66. The van der Waals surface area contributed by atoms with Crippen LogP contribution in [0.25, 0.3) is 0 Å². The first-order chi connectivity index (χ1) is 9.81. The Balaban J connectivity index is 2.34. The van der Waals surface area contributed by atoms with Crippen LogP contribution in [-0.4, -0.2) is 13.4 Å². The van der Waals surface area contributed by atoms with Gasteiger partial charge in [0.05, 0.1) is 10.6 Å². The third-order valence-corrected chi connectivity index (χ3v) is 5.55. The Morgan fingerprint density at radius 3 is 2.38 bits per heavy atom. The third kappa shape index (κ3) is 3.61. The molecule has 0 aliphatic heterocycles. The lowest BCUT2D eigenvalue weighted by Gasteiger charge is -2.11. The van der Waals surface area contributed by atoms with Crippen molar-refractivity contribution in [2.75, 3.05) is 4.72 Å². The zero-order chi connectivity index (χ0) is 15.6. The lowest BCUT2D eigenvalue weighted by Crippen LogP contribution is -2.14. The summed E-state index contributed by atoms with van der Waals surface area (Å²) in [5, 5.41) is 0. The summed E-state index contributed by atoms with van der Waals surface area (Å²) in [6.45, 7) is 1.89. The van der Waals surface area contributed by atoms with E-state index in [1.807, 2.05) is 13.0 Å². The Bertz CT molecular complexity index is 787. The zero-order valence-electron chi connectivity index (χ0n) is 11.1. The molecule has 2 rings (SSSR count). The fraction of sp³-hybridized carbons (Fsp3) is 0.0714. The Hall–Kier alpha value is -1.44. The summed E-state index contributed by atoms with van der Waals surface area (Å²) in [4.78, 5) is 0.379. The van der Waals surface area contributed by atoms with Crippen molar-refractivity contribution < 1.29 is 8.42 Å². The van der Waals surface area contributed by atoms with Gasteiger partial charge in [0.1, 0.15) is 4.99 Å². The average molecular weight is 385 g/mol. The predicted molar refractivity (Wildman–Crippen MR) is 92.0 cm³/mol. The van der Waals surface area contributed by atoms with Gasteiger partial charge in [0.25, 0.3) is 10.0 Å². The molecule has 0 bridgehead atoms. The Kier molecular flexibility index (Phi) is 4.65. The van der Waals surface area contributed by atoms with Gasteiger partial charge in [0.15, 0.2) is 0 Å². The van der Waals surface area contributed by atoms with Crippen LogP contribution in [0.4, 0.5) is 5.69 Å². The first-order valence-electron chi connectivity index (χ1n) is 5.99. The normalized spacial score (nSPS) is 11.1. The van der Waals surface area contributed by atoms with Crippen LogP contribution in [0, 0.1) is 6.92 Å². The smallest absolute Gasteiger partial charge is 0.261 e. The molecule has 2 aromatic carbocycles. The van der Waals surface area contributed by atoms with Gasteiger partial charge in [-0.25, -0.2) is 8.42 Å². The van der Waals surface area contributed by atoms with Gasteiger partial charge in [0, 0.05) is 10.0 Å². The fourth-order valence-electron chi connectivity index (χ4n) is 1.73. The lowest BCUT2D eigenvalue weighted by molar-refractivity contribution is 0.601. The molecule has 0 atom stereocenters. The second kappa shape index (κ2) is 6.13. The molecule has 0 aromatic heterocycles. The molecule has 0 spiro atoms. The van der Waals surface area contributed by atoms with Gasteiger partial charge in [-0.15, -0.1) is 0 Å². The number of thiocarbonyl (C=S) groups is 1. The minimum atomic E-state index is -3.66. The van der Waals surface area contributed by atoms with Crippen LogP contribution in [0.5, 0.6) is 0 Å². The average Bonchev–Trinajstić information content (AvgIpc) is 2.44. The van der Waals surface area contributed by atoms with Crippen LogP contribution in [-0.2, 0) is 10.0 Å². The van der Waals surface area contributed by atoms with E-state index in [1.165, 1.54) is 12.1 Å². The highest BCUT2D eigenvalue weighted by molar-refractivity contribution is 9.10. The first kappa shape index (κ1) is 15.9. The highest BCUT2D eigenvalue weighted by Gasteiger charge is 2.16. The number of benzene rings is 2. The minimum Gasteiger partial charge on any atom is -0.389 e. The number of halogens is 1. The molecule has 0 saturated carbocycles. The van der Waals surface area contributed by atoms with Gasteiger partial charge < -0.3 is 5.73 Å². The Morgan fingerprint density at radius 1 is 1.19 bits per heavy atom. The molecule has 0 radical (unpaired) electrons. The van der Waals surface area contributed by atoms with E-state index < -0.39 is 10.0 Å². The first-order valence-corrected chi connectivity index (χ1v) is 8.67. The van der Waals surface area contributed by atoms with E-state index in [9.17, 15) is 8.42 Å². The van der Waals surface area contributed by atoms with Crippen LogP contribution >= 0.6 is 28.1 Å². The molecule has 0 saturated heterocycles. The molecule has 0 heterocycles. The van der Waals surface area contributed by atoms with Crippen LogP contribution in [0.2, 0.25) is 0 Å². The topological polar surface area (TPSA) is 72.2 Å². The van der Waals surface area contributed by atoms with E-state index in [2.05, 4.69) is 20.7 Å². The summed E-state index contributed by atoms with van der Waals surface area (Å²) in [6, 6.07) is 11.5. The maximum atomic E-state index is 12.4. The highest BCUT2D eigenvalue weighted by atomic mass is 79.9. The molecule has 7 heteroatoms. The Morgan fingerprint density at radius 2 is 1.81 bits per heavy atom. The molecule has 0 amide bonds. The van der Waals surface area contributed by atoms with E-state index in [0.29, 0.717) is 15.7 Å². The van der Waals surface area contributed by atoms with Crippen LogP contribution < -0.4 is 10.5 Å². The molecule has 110 valence electrons. The summed E-state index contributed by atoms with van der Waals surface area (Å²) in [5.74, 6) is 0. The second-order valence-electron chi connectivity index (χ2n) is 4.43. The molecule has 0 aliphatic rings. The van der Waals surface area contributed by atoms with E-state index >= 15 is 0 Å². The monoisotopic (exact) mass is 384 g/mol. The number of nitrogens with two attached hydrogens (primary N) is 1. The second-order valence-corrected chi connectivity index (χ2v) is 7.35. The van der Waals surface area contributed by atoms with Crippen LogP contribution in [0.15, 0.2) is 51.8 Å². The van der Waals surface area contributed by atoms with Gasteiger partial charge in [-0.3, -0.25) is 4.72 Å². The van der Waals surface area contributed by atoms with Crippen molar-refractivity contribution >= 4 is 48.8 Å². The summed E-state index contributed by atoms with van der Waals surface area (Å²) >= 11 is 8.22. The van der Waals surface area contributed by atoms with Crippen molar-refractivity contribution in [3.63, 3.8) is 0 Å². The maximum Gasteiger partial charge on any atom is 0.261 e. The zero-order valence-corrected chi connectivity index (χ0v) is 14.3. The number of sulfonamides is 1. The maximum absolute atomic E-state index is 12.4. The van der Waals surface area contributed by atoms with Crippen LogP contribution in [0.3, 0.4) is 0 Å². The number of hydrogen-bond donors (Lipinski definition) is 2. The number of aryl methyl sites for hydroxylation is 1. The molecule has 2 aromatic rings. The molecule has 4 nitrogen and oxygen atoms in total. The molecule has 0 unspecified atom stereocenters. The van der Waals surface area contributed by atoms with Gasteiger partial charge in [-0.05, 0) is 46.6 Å². The highest BCUT2D eigenvalue weighted by Crippen LogP contribution is 2.27. The van der Waals surface area contributed by atoms with Gasteiger partial charge in [-0.2, -0.15) is 0 Å². The largest absolute Gasteiger partial charge is 0.389 e. The number of anilines is 1. The van der Waals surface area contributed by atoms with Gasteiger partial charge in [0.2, 0.25) is 0 Å². The number of hydrogen-bond acceptors (Lipinski definition) is 3. The predicted octanol–water partition coefficient (Wildman–Crippen LogP) is 3.19. The molecule has 3 N–H and O–H groups in total. The van der Waals surface area contributed by atoms with Crippen molar-refractivity contribution in [2.45, 2.75) is 11.8 Å². The Labute approximate surface area is 137 Å². The van der Waals surface area contributed by atoms with E-state index in [-0.39, 0.29) is 9.88 Å². The lowest BCUT2D eigenvalue weighted by atomic mass is 10.2. The SMILES string of the molecule is Cc1cccc(NS(=O)(=O)c2ccc(C(N)=S)cc2)c1Br. The van der Waals surface area contributed by atoms with Crippen LogP contribution in [0.1, 0.15) is 11.1 Å². The number of rotatable bonds is 4. The van der Waals surface area contributed by atoms with E-state index in [4.69, 9.17) is 18.0 Å². The summed E-state index contributed by atoms with van der Waals surface area (Å²) in [5.41, 5.74) is 7.56. The van der Waals surface area contributed by atoms with Crippen molar-refractivity contribution in [1.82, 2.24) is 0 Å². The molecule has 0 fully saturated rings. The molecule has 21 heavy (non-hydrogen) atoms. The molecular formula is C14H13BrN2O2S2. The summed E-state index contributed by atoms with van der Waals surface area (Å²) < 4.78 is 28.0.